The Labute approximate surface area is 166 Å². The molecular formula is C18H17N5O7. The zero-order chi connectivity index (χ0) is 21.6. The van der Waals surface area contributed by atoms with E-state index < -0.39 is 35.0 Å². The predicted octanol–water partition coefficient (Wildman–Crippen LogP) is -1.22. The van der Waals surface area contributed by atoms with E-state index in [1.54, 1.807) is 6.07 Å². The summed E-state index contributed by atoms with van der Waals surface area (Å²) >= 11 is 0. The summed E-state index contributed by atoms with van der Waals surface area (Å²) in [6, 6.07) is 4.34. The zero-order valence-corrected chi connectivity index (χ0v) is 15.6. The van der Waals surface area contributed by atoms with E-state index in [9.17, 15) is 29.4 Å². The number of phenolic OH excluding ortho intramolecular Hbond substituents is 1. The van der Waals surface area contributed by atoms with Crippen LogP contribution in [-0.4, -0.2) is 50.4 Å². The number of aliphatic hydroxyl groups is 1. The molecule has 0 saturated carbocycles. The van der Waals surface area contributed by atoms with E-state index in [0.717, 1.165) is 0 Å². The molecule has 0 saturated heterocycles. The fourth-order valence-corrected chi connectivity index (χ4v) is 3.73. The van der Waals surface area contributed by atoms with Crippen LogP contribution in [0.3, 0.4) is 0 Å². The topological polar surface area (TPSA) is 184 Å². The Morgan fingerprint density at radius 2 is 1.53 bits per heavy atom. The molecule has 0 spiro atoms. The number of fused-ring (bicyclic) bond motifs is 2. The Hall–Kier alpha value is -4.06. The number of ether oxygens (including phenoxy) is 1. The second kappa shape index (κ2) is 7.08. The van der Waals surface area contributed by atoms with Crippen LogP contribution in [0.1, 0.15) is 22.6 Å². The van der Waals surface area contributed by atoms with Crippen LogP contribution in [0, 0.1) is 0 Å². The SMILES string of the molecule is COc1ccc(C2c3c([nH]c(=O)[nH]c3=O)N(CCO)c3[nH]c(=O)[nH]c(=O)c32)cc1O. The van der Waals surface area contributed by atoms with Crippen molar-refractivity contribution in [1.29, 1.82) is 0 Å². The van der Waals surface area contributed by atoms with E-state index in [1.165, 1.54) is 24.1 Å². The zero-order valence-electron chi connectivity index (χ0n) is 15.6. The molecule has 0 fully saturated rings. The average molecular weight is 415 g/mol. The number of anilines is 2. The number of nitrogens with zero attached hydrogens (tertiary/aromatic N) is 1. The molecule has 3 aromatic rings. The van der Waals surface area contributed by atoms with E-state index in [4.69, 9.17) is 4.74 Å². The van der Waals surface area contributed by atoms with Gasteiger partial charge in [0, 0.05) is 6.54 Å². The van der Waals surface area contributed by atoms with Gasteiger partial charge < -0.3 is 19.8 Å². The molecule has 0 amide bonds. The second-order valence-electron chi connectivity index (χ2n) is 6.58. The summed E-state index contributed by atoms with van der Waals surface area (Å²) in [7, 11) is 1.37. The number of benzene rings is 1. The molecule has 30 heavy (non-hydrogen) atoms. The molecule has 12 nitrogen and oxygen atoms in total. The van der Waals surface area contributed by atoms with Gasteiger partial charge in [-0.25, -0.2) is 9.59 Å². The number of aromatic amines is 4. The van der Waals surface area contributed by atoms with Crippen LogP contribution in [0.5, 0.6) is 11.5 Å². The number of nitrogens with one attached hydrogen (secondary N) is 4. The average Bonchev–Trinajstić information content (AvgIpc) is 2.68. The molecule has 0 atom stereocenters. The molecule has 2 aromatic heterocycles. The Balaban J connectivity index is 2.12. The van der Waals surface area contributed by atoms with Gasteiger partial charge in [-0.05, 0) is 17.7 Å². The van der Waals surface area contributed by atoms with Crippen LogP contribution in [-0.2, 0) is 0 Å². The molecule has 0 radical (unpaired) electrons. The highest BCUT2D eigenvalue weighted by Gasteiger charge is 2.38. The Kier molecular flexibility index (Phi) is 4.54. The smallest absolute Gasteiger partial charge is 0.327 e. The number of aromatic hydroxyl groups is 1. The third-order valence-corrected chi connectivity index (χ3v) is 4.89. The van der Waals surface area contributed by atoms with Gasteiger partial charge in [0.25, 0.3) is 11.1 Å². The third-order valence-electron chi connectivity index (χ3n) is 4.89. The summed E-state index contributed by atoms with van der Waals surface area (Å²) in [5.74, 6) is -1.04. The molecule has 0 unspecified atom stereocenters. The number of aromatic nitrogens is 4. The largest absolute Gasteiger partial charge is 0.504 e. The summed E-state index contributed by atoms with van der Waals surface area (Å²) < 4.78 is 5.04. The summed E-state index contributed by atoms with van der Waals surface area (Å²) in [6.07, 6.45) is 0. The monoisotopic (exact) mass is 415 g/mol. The van der Waals surface area contributed by atoms with Crippen molar-refractivity contribution in [2.75, 3.05) is 25.2 Å². The molecule has 6 N–H and O–H groups in total. The molecule has 1 aliphatic heterocycles. The quantitative estimate of drug-likeness (QED) is 0.306. The van der Waals surface area contributed by atoms with Gasteiger partial charge in [-0.1, -0.05) is 6.07 Å². The first-order chi connectivity index (χ1) is 14.3. The van der Waals surface area contributed by atoms with Gasteiger partial charge >= 0.3 is 11.4 Å². The van der Waals surface area contributed by atoms with Gasteiger partial charge in [0.15, 0.2) is 11.5 Å². The number of H-pyrrole nitrogens is 4. The first-order valence-corrected chi connectivity index (χ1v) is 8.84. The molecule has 1 aromatic carbocycles. The van der Waals surface area contributed by atoms with E-state index in [0.29, 0.717) is 5.56 Å². The van der Waals surface area contributed by atoms with Crippen LogP contribution >= 0.6 is 0 Å². The summed E-state index contributed by atoms with van der Waals surface area (Å²) in [5, 5.41) is 19.7. The van der Waals surface area contributed by atoms with Gasteiger partial charge in [0.05, 0.1) is 30.8 Å². The lowest BCUT2D eigenvalue weighted by molar-refractivity contribution is 0.304. The van der Waals surface area contributed by atoms with E-state index in [-0.39, 0.29) is 40.8 Å². The molecule has 156 valence electrons. The number of methoxy groups -OCH3 is 1. The predicted molar refractivity (Wildman–Crippen MR) is 105 cm³/mol. The number of hydrogen-bond acceptors (Lipinski definition) is 8. The molecule has 0 aliphatic carbocycles. The maximum absolute atomic E-state index is 12.8. The highest BCUT2D eigenvalue weighted by Crippen LogP contribution is 2.44. The molecule has 1 aliphatic rings. The highest BCUT2D eigenvalue weighted by atomic mass is 16.5. The lowest BCUT2D eigenvalue weighted by Gasteiger charge is -2.34. The van der Waals surface area contributed by atoms with Gasteiger partial charge in [0.2, 0.25) is 0 Å². The number of hydrogen-bond donors (Lipinski definition) is 6. The summed E-state index contributed by atoms with van der Waals surface area (Å²) in [4.78, 5) is 60.0. The van der Waals surface area contributed by atoms with Crippen molar-refractivity contribution in [3.8, 4) is 11.5 Å². The number of phenols is 1. The number of β-amino-alcohol motifs (C(OH)–C–C–N with tert-alkyl or cyclic N) is 1. The van der Waals surface area contributed by atoms with Gasteiger partial charge in [0.1, 0.15) is 11.6 Å². The summed E-state index contributed by atoms with van der Waals surface area (Å²) in [6.45, 7) is -0.504. The van der Waals surface area contributed by atoms with Crippen LogP contribution in [0.15, 0.2) is 37.4 Å². The minimum absolute atomic E-state index is 0.0117. The van der Waals surface area contributed by atoms with Crippen molar-refractivity contribution in [2.24, 2.45) is 0 Å². The van der Waals surface area contributed by atoms with Gasteiger partial charge in [-0.15, -0.1) is 0 Å². The molecule has 0 bridgehead atoms. The maximum atomic E-state index is 12.8. The van der Waals surface area contributed by atoms with Crippen molar-refractivity contribution in [2.45, 2.75) is 5.92 Å². The third kappa shape index (κ3) is 2.90. The summed E-state index contributed by atoms with van der Waals surface area (Å²) in [5.41, 5.74) is -2.74. The Morgan fingerprint density at radius 1 is 0.967 bits per heavy atom. The Morgan fingerprint density at radius 3 is 2.00 bits per heavy atom. The lowest BCUT2D eigenvalue weighted by Crippen LogP contribution is -2.42. The lowest BCUT2D eigenvalue weighted by atomic mass is 9.83. The minimum atomic E-state index is -1.04. The number of rotatable bonds is 4. The molecule has 4 rings (SSSR count). The van der Waals surface area contributed by atoms with E-state index in [1.807, 2.05) is 0 Å². The maximum Gasteiger partial charge on any atom is 0.327 e. The van der Waals surface area contributed by atoms with Crippen molar-refractivity contribution in [3.05, 3.63) is 76.6 Å². The normalized spacial score (nSPS) is 13.1. The fraction of sp³-hybridized carbons (Fsp3) is 0.222. The minimum Gasteiger partial charge on any atom is -0.504 e. The van der Waals surface area contributed by atoms with Crippen molar-refractivity contribution in [1.82, 2.24) is 19.9 Å². The van der Waals surface area contributed by atoms with Crippen molar-refractivity contribution >= 4 is 11.6 Å². The first kappa shape index (κ1) is 19.3. The van der Waals surface area contributed by atoms with Gasteiger partial charge in [-0.3, -0.25) is 29.5 Å². The van der Waals surface area contributed by atoms with Crippen LogP contribution in [0.2, 0.25) is 0 Å². The van der Waals surface area contributed by atoms with E-state index in [2.05, 4.69) is 19.9 Å². The van der Waals surface area contributed by atoms with Gasteiger partial charge in [-0.2, -0.15) is 0 Å². The molecular weight excluding hydrogens is 398 g/mol. The fourth-order valence-electron chi connectivity index (χ4n) is 3.73. The van der Waals surface area contributed by atoms with Crippen LogP contribution < -0.4 is 32.1 Å². The number of aliphatic hydroxyl groups excluding tert-OH is 1. The Bertz CT molecular complexity index is 1290. The molecule has 3 heterocycles. The van der Waals surface area contributed by atoms with Crippen LogP contribution in [0.4, 0.5) is 11.6 Å². The standard InChI is InChI=1S/C18H17N5O7/c1-30-9-3-2-7(6-8(9)25)10-11-13(19-17(28)21-15(11)26)23(4-5-24)14-12(10)16(27)22-18(29)20-14/h2-3,6,10,24-25H,4-5H2,1H3,(H2,19,21,26,28)(H2,20,22,27,29). The first-order valence-electron chi connectivity index (χ1n) is 8.84. The highest BCUT2D eigenvalue weighted by molar-refractivity contribution is 5.72. The van der Waals surface area contributed by atoms with E-state index >= 15 is 0 Å². The second-order valence-corrected chi connectivity index (χ2v) is 6.58. The van der Waals surface area contributed by atoms with Crippen LogP contribution in [0.25, 0.3) is 0 Å². The molecule has 12 heteroatoms. The van der Waals surface area contributed by atoms with Crippen molar-refractivity contribution in [3.63, 3.8) is 0 Å². The van der Waals surface area contributed by atoms with Crippen molar-refractivity contribution < 1.29 is 14.9 Å².